The summed E-state index contributed by atoms with van der Waals surface area (Å²) in [5.41, 5.74) is 4.39. The normalized spacial score (nSPS) is 14.2. The summed E-state index contributed by atoms with van der Waals surface area (Å²) in [6.45, 7) is 5.13. The molecule has 10 heteroatoms. The third-order valence-corrected chi connectivity index (χ3v) is 6.18. The highest BCUT2D eigenvalue weighted by molar-refractivity contribution is 5.86. The molecule has 1 aliphatic rings. The minimum Gasteiger partial charge on any atom is -0.379 e. The molecule has 0 spiro atoms. The van der Waals surface area contributed by atoms with Crippen molar-refractivity contribution in [2.45, 2.75) is 0 Å². The zero-order valence-corrected chi connectivity index (χ0v) is 19.8. The van der Waals surface area contributed by atoms with Crippen molar-refractivity contribution in [1.29, 1.82) is 0 Å². The SMILES string of the molecule is c1ccc(-n2cnc3c(NCCN4CCOCC4)nc(Nc4ccc(-n5ccnc5)cc4)nc32)cc1. The van der Waals surface area contributed by atoms with Crippen LogP contribution >= 0.6 is 0 Å². The number of anilines is 3. The van der Waals surface area contributed by atoms with E-state index < -0.39 is 0 Å². The van der Waals surface area contributed by atoms with E-state index >= 15 is 0 Å². The van der Waals surface area contributed by atoms with Gasteiger partial charge in [-0.25, -0.2) is 9.97 Å². The summed E-state index contributed by atoms with van der Waals surface area (Å²) in [4.78, 5) is 20.8. The largest absolute Gasteiger partial charge is 0.379 e. The van der Waals surface area contributed by atoms with E-state index in [2.05, 4.69) is 25.5 Å². The van der Waals surface area contributed by atoms with Crippen LogP contribution in [0.5, 0.6) is 0 Å². The van der Waals surface area contributed by atoms with Gasteiger partial charge in [-0.15, -0.1) is 0 Å². The quantitative estimate of drug-likeness (QED) is 0.348. The second-order valence-corrected chi connectivity index (χ2v) is 8.54. The molecule has 0 bridgehead atoms. The molecule has 0 aliphatic carbocycles. The molecule has 1 aliphatic heterocycles. The molecule has 2 aromatic carbocycles. The van der Waals surface area contributed by atoms with E-state index in [1.165, 1.54) is 0 Å². The number of benzene rings is 2. The summed E-state index contributed by atoms with van der Waals surface area (Å²) in [5.74, 6) is 1.21. The van der Waals surface area contributed by atoms with Gasteiger partial charge in [0.1, 0.15) is 6.33 Å². The van der Waals surface area contributed by atoms with Gasteiger partial charge < -0.3 is 19.9 Å². The van der Waals surface area contributed by atoms with Crippen LogP contribution in [0.4, 0.5) is 17.5 Å². The van der Waals surface area contributed by atoms with Gasteiger partial charge in [-0.05, 0) is 36.4 Å². The van der Waals surface area contributed by atoms with Crippen molar-refractivity contribution >= 4 is 28.6 Å². The highest BCUT2D eigenvalue weighted by Gasteiger charge is 2.16. The van der Waals surface area contributed by atoms with Crippen LogP contribution in [0.2, 0.25) is 0 Å². The van der Waals surface area contributed by atoms with Crippen molar-refractivity contribution < 1.29 is 4.74 Å². The number of hydrogen-bond donors (Lipinski definition) is 2. The molecule has 0 unspecified atom stereocenters. The first-order valence-corrected chi connectivity index (χ1v) is 12.0. The Morgan fingerprint density at radius 1 is 0.889 bits per heavy atom. The smallest absolute Gasteiger partial charge is 0.231 e. The number of para-hydroxylation sites is 1. The summed E-state index contributed by atoms with van der Waals surface area (Å²) in [6, 6.07) is 18.1. The highest BCUT2D eigenvalue weighted by atomic mass is 16.5. The minimum atomic E-state index is 0.504. The lowest BCUT2D eigenvalue weighted by Gasteiger charge is -2.26. The zero-order chi connectivity index (χ0) is 24.2. The van der Waals surface area contributed by atoms with Crippen molar-refractivity contribution in [3.8, 4) is 11.4 Å². The number of rotatable bonds is 8. The lowest BCUT2D eigenvalue weighted by Crippen LogP contribution is -2.39. The van der Waals surface area contributed by atoms with Gasteiger partial charge >= 0.3 is 0 Å². The Labute approximate surface area is 208 Å². The van der Waals surface area contributed by atoms with Gasteiger partial charge in [-0.1, -0.05) is 18.2 Å². The number of ether oxygens (including phenoxy) is 1. The molecule has 0 atom stereocenters. The number of fused-ring (bicyclic) bond motifs is 1. The van der Waals surface area contributed by atoms with Crippen LogP contribution < -0.4 is 10.6 Å². The monoisotopic (exact) mass is 481 g/mol. The number of nitrogens with one attached hydrogen (secondary N) is 2. The van der Waals surface area contributed by atoms with E-state index in [0.717, 1.165) is 67.6 Å². The molecular weight excluding hydrogens is 454 g/mol. The van der Waals surface area contributed by atoms with Crippen molar-refractivity contribution in [2.75, 3.05) is 50.0 Å². The van der Waals surface area contributed by atoms with E-state index in [0.29, 0.717) is 11.8 Å². The average Bonchev–Trinajstić information content (AvgIpc) is 3.61. The molecule has 1 fully saturated rings. The Kier molecular flexibility index (Phi) is 6.26. The van der Waals surface area contributed by atoms with Crippen LogP contribution in [0, 0.1) is 0 Å². The fourth-order valence-electron chi connectivity index (χ4n) is 4.27. The van der Waals surface area contributed by atoms with Gasteiger partial charge in [0, 0.05) is 55.6 Å². The lowest BCUT2D eigenvalue weighted by atomic mass is 10.3. The van der Waals surface area contributed by atoms with Crippen LogP contribution in [0.25, 0.3) is 22.5 Å². The Morgan fingerprint density at radius 2 is 1.72 bits per heavy atom. The van der Waals surface area contributed by atoms with Gasteiger partial charge in [-0.3, -0.25) is 9.47 Å². The first kappa shape index (κ1) is 22.2. The van der Waals surface area contributed by atoms with Gasteiger partial charge in [0.05, 0.1) is 19.5 Å². The second kappa shape index (κ2) is 10.1. The molecule has 4 heterocycles. The molecule has 10 nitrogen and oxygen atoms in total. The number of hydrogen-bond acceptors (Lipinski definition) is 8. The lowest BCUT2D eigenvalue weighted by molar-refractivity contribution is 0.0398. The standard InChI is InChI=1S/C26H27N9O/c1-2-4-22(5-3-1)35-19-29-23-24(28-11-12-33-14-16-36-17-15-33)31-26(32-25(23)35)30-20-6-8-21(9-7-20)34-13-10-27-18-34/h1-10,13,18-19H,11-12,14-17H2,(H2,28,30,31,32). The van der Waals surface area contributed by atoms with E-state index in [1.54, 1.807) is 18.9 Å². The van der Waals surface area contributed by atoms with Crippen LogP contribution in [0.1, 0.15) is 0 Å². The molecule has 182 valence electrons. The van der Waals surface area contributed by atoms with Gasteiger partial charge in [-0.2, -0.15) is 9.97 Å². The summed E-state index contributed by atoms with van der Waals surface area (Å²) in [5, 5.41) is 6.86. The predicted octanol–water partition coefficient (Wildman–Crippen LogP) is 3.49. The highest BCUT2D eigenvalue weighted by Crippen LogP contribution is 2.25. The van der Waals surface area contributed by atoms with Crippen LogP contribution in [0.15, 0.2) is 79.6 Å². The summed E-state index contributed by atoms with van der Waals surface area (Å²) in [6.07, 6.45) is 7.25. The van der Waals surface area contributed by atoms with Crippen molar-refractivity contribution in [3.05, 3.63) is 79.6 Å². The topological polar surface area (TPSA) is 98.0 Å². The van der Waals surface area contributed by atoms with Crippen molar-refractivity contribution in [3.63, 3.8) is 0 Å². The molecule has 6 rings (SSSR count). The molecule has 0 saturated carbocycles. The maximum Gasteiger partial charge on any atom is 0.231 e. The van der Waals surface area contributed by atoms with Crippen LogP contribution in [-0.2, 0) is 4.74 Å². The van der Waals surface area contributed by atoms with Crippen LogP contribution in [-0.4, -0.2) is 73.4 Å². The van der Waals surface area contributed by atoms with Gasteiger partial charge in [0.15, 0.2) is 17.0 Å². The van der Waals surface area contributed by atoms with E-state index in [4.69, 9.17) is 14.7 Å². The number of aromatic nitrogens is 6. The van der Waals surface area contributed by atoms with E-state index in [-0.39, 0.29) is 0 Å². The molecule has 0 radical (unpaired) electrons. The third kappa shape index (κ3) is 4.77. The average molecular weight is 482 g/mol. The Bertz CT molecular complexity index is 1410. The number of imidazole rings is 2. The first-order valence-electron chi connectivity index (χ1n) is 12.0. The summed E-state index contributed by atoms with van der Waals surface area (Å²) < 4.78 is 9.40. The van der Waals surface area contributed by atoms with Crippen molar-refractivity contribution in [2.24, 2.45) is 0 Å². The van der Waals surface area contributed by atoms with Crippen LogP contribution in [0.3, 0.4) is 0 Å². The Balaban J connectivity index is 1.29. The molecule has 36 heavy (non-hydrogen) atoms. The van der Waals surface area contributed by atoms with E-state index in [9.17, 15) is 0 Å². The third-order valence-electron chi connectivity index (χ3n) is 6.18. The summed E-state index contributed by atoms with van der Waals surface area (Å²) in [7, 11) is 0. The number of morpholine rings is 1. The maximum absolute atomic E-state index is 5.46. The fraction of sp³-hybridized carbons (Fsp3) is 0.231. The molecule has 0 amide bonds. The molecule has 1 saturated heterocycles. The predicted molar refractivity (Wildman–Crippen MR) is 139 cm³/mol. The van der Waals surface area contributed by atoms with E-state index in [1.807, 2.05) is 69.9 Å². The molecular formula is C26H27N9O. The molecule has 2 N–H and O–H groups in total. The van der Waals surface area contributed by atoms with Gasteiger partial charge in [0.25, 0.3) is 0 Å². The maximum atomic E-state index is 5.46. The summed E-state index contributed by atoms with van der Waals surface area (Å²) >= 11 is 0. The molecule has 5 aromatic rings. The Hall–Kier alpha value is -4.28. The van der Waals surface area contributed by atoms with Gasteiger partial charge in [0.2, 0.25) is 5.95 Å². The zero-order valence-electron chi connectivity index (χ0n) is 19.8. The Morgan fingerprint density at radius 3 is 2.50 bits per heavy atom. The van der Waals surface area contributed by atoms with Crippen molar-refractivity contribution in [1.82, 2.24) is 34.0 Å². The molecule has 3 aromatic heterocycles. The number of nitrogens with zero attached hydrogens (tertiary/aromatic N) is 7. The fourth-order valence-corrected chi connectivity index (χ4v) is 4.27. The minimum absolute atomic E-state index is 0.504. The second-order valence-electron chi connectivity index (χ2n) is 8.54. The first-order chi connectivity index (χ1) is 17.8.